The van der Waals surface area contributed by atoms with Gasteiger partial charge in [-0.15, -0.1) is 0 Å². The van der Waals surface area contributed by atoms with E-state index < -0.39 is 5.97 Å². The third-order valence-electron chi connectivity index (χ3n) is 4.30. The van der Waals surface area contributed by atoms with Crippen LogP contribution in [0.15, 0.2) is 65.2 Å². The molecule has 3 aromatic rings. The zero-order valence-corrected chi connectivity index (χ0v) is 15.8. The van der Waals surface area contributed by atoms with Crippen molar-refractivity contribution in [2.45, 2.75) is 26.3 Å². The second-order valence-electron chi connectivity index (χ2n) is 6.39. The average molecular weight is 378 g/mol. The highest BCUT2D eigenvalue weighted by atomic mass is 16.5. The fourth-order valence-corrected chi connectivity index (χ4v) is 2.61. The second kappa shape index (κ2) is 8.99. The molecule has 1 aromatic heterocycles. The fraction of sp³-hybridized carbons (Fsp3) is 0.227. The molecule has 0 bridgehead atoms. The van der Waals surface area contributed by atoms with Crippen LogP contribution in [0.25, 0.3) is 22.8 Å². The summed E-state index contributed by atoms with van der Waals surface area (Å²) in [5.41, 5.74) is 1.69. The molecule has 1 N–H and O–H groups in total. The molecule has 6 heteroatoms. The molecule has 1 amide bonds. The predicted molar refractivity (Wildman–Crippen MR) is 106 cm³/mol. The standard InChI is InChI=1S/C22H22N2O4/c1-3-15(2)24-20(25)14-27-22(26)18-12-8-7-11-17(18)21-23-13-19(28-21)16-9-5-4-6-10-16/h4-13,15H,3,14H2,1-2H3,(H,24,25)/t15-/m0/s1. The monoisotopic (exact) mass is 378 g/mol. The number of benzene rings is 2. The number of nitrogens with one attached hydrogen (secondary N) is 1. The molecule has 1 heterocycles. The molecule has 28 heavy (non-hydrogen) atoms. The maximum Gasteiger partial charge on any atom is 0.339 e. The summed E-state index contributed by atoms with van der Waals surface area (Å²) < 4.78 is 11.0. The molecule has 0 saturated heterocycles. The van der Waals surface area contributed by atoms with Crippen LogP contribution in [0, 0.1) is 0 Å². The molecule has 6 nitrogen and oxygen atoms in total. The summed E-state index contributed by atoms with van der Waals surface area (Å²) in [7, 11) is 0. The lowest BCUT2D eigenvalue weighted by molar-refractivity contribution is -0.124. The zero-order chi connectivity index (χ0) is 19.9. The first kappa shape index (κ1) is 19.4. The average Bonchev–Trinajstić information content (AvgIpc) is 3.22. The summed E-state index contributed by atoms with van der Waals surface area (Å²) in [6.07, 6.45) is 2.42. The molecular formula is C22H22N2O4. The van der Waals surface area contributed by atoms with Crippen LogP contribution in [0.1, 0.15) is 30.6 Å². The van der Waals surface area contributed by atoms with E-state index in [1.807, 2.05) is 44.2 Å². The molecular weight excluding hydrogens is 356 g/mol. The number of rotatable bonds is 7. The Labute approximate surface area is 163 Å². The Morgan fingerprint density at radius 2 is 1.82 bits per heavy atom. The Balaban J connectivity index is 1.75. The summed E-state index contributed by atoms with van der Waals surface area (Å²) in [6.45, 7) is 3.52. The van der Waals surface area contributed by atoms with Crippen molar-refractivity contribution in [2.24, 2.45) is 0 Å². The quantitative estimate of drug-likeness (QED) is 0.627. The normalized spacial score (nSPS) is 11.6. The molecule has 0 aliphatic rings. The largest absolute Gasteiger partial charge is 0.452 e. The van der Waals surface area contributed by atoms with Crippen LogP contribution >= 0.6 is 0 Å². The van der Waals surface area contributed by atoms with Gasteiger partial charge >= 0.3 is 5.97 Å². The van der Waals surface area contributed by atoms with Crippen molar-refractivity contribution < 1.29 is 18.7 Å². The van der Waals surface area contributed by atoms with E-state index in [0.29, 0.717) is 22.8 Å². The minimum atomic E-state index is -0.602. The molecule has 0 spiro atoms. The molecule has 1 atom stereocenters. The maximum absolute atomic E-state index is 12.5. The van der Waals surface area contributed by atoms with E-state index in [9.17, 15) is 9.59 Å². The number of oxazole rings is 1. The van der Waals surface area contributed by atoms with Crippen LogP contribution in [0.4, 0.5) is 0 Å². The Hall–Kier alpha value is -3.41. The SMILES string of the molecule is CC[C@H](C)NC(=O)COC(=O)c1ccccc1-c1ncc(-c2ccccc2)o1. The van der Waals surface area contributed by atoms with Crippen LogP contribution in [-0.4, -0.2) is 29.5 Å². The van der Waals surface area contributed by atoms with E-state index in [2.05, 4.69) is 10.3 Å². The summed E-state index contributed by atoms with van der Waals surface area (Å²) in [5, 5.41) is 2.76. The first-order valence-corrected chi connectivity index (χ1v) is 9.15. The Bertz CT molecular complexity index is 950. The molecule has 3 rings (SSSR count). The minimum absolute atomic E-state index is 0.0298. The van der Waals surface area contributed by atoms with Crippen molar-refractivity contribution in [1.29, 1.82) is 0 Å². The molecule has 0 saturated carbocycles. The third-order valence-corrected chi connectivity index (χ3v) is 4.30. The lowest BCUT2D eigenvalue weighted by Gasteiger charge is -2.12. The molecule has 0 aliphatic heterocycles. The van der Waals surface area contributed by atoms with E-state index >= 15 is 0 Å². The summed E-state index contributed by atoms with van der Waals surface area (Å²) in [5.74, 6) is -0.0146. The first-order valence-electron chi connectivity index (χ1n) is 9.15. The molecule has 0 unspecified atom stereocenters. The van der Waals surface area contributed by atoms with E-state index in [-0.39, 0.29) is 18.6 Å². The van der Waals surface area contributed by atoms with Crippen molar-refractivity contribution in [2.75, 3.05) is 6.61 Å². The van der Waals surface area contributed by atoms with Gasteiger partial charge in [-0.05, 0) is 25.5 Å². The third kappa shape index (κ3) is 4.65. The Morgan fingerprint density at radius 1 is 1.11 bits per heavy atom. The molecule has 2 aromatic carbocycles. The van der Waals surface area contributed by atoms with Crippen LogP contribution in [-0.2, 0) is 9.53 Å². The van der Waals surface area contributed by atoms with Gasteiger partial charge in [0.25, 0.3) is 5.91 Å². The van der Waals surface area contributed by atoms with Crippen molar-refractivity contribution in [3.8, 4) is 22.8 Å². The van der Waals surface area contributed by atoms with Crippen LogP contribution in [0.5, 0.6) is 0 Å². The number of carbonyl (C=O) groups is 2. The van der Waals surface area contributed by atoms with Crippen molar-refractivity contribution in [1.82, 2.24) is 10.3 Å². The van der Waals surface area contributed by atoms with Crippen LogP contribution in [0.2, 0.25) is 0 Å². The Morgan fingerprint density at radius 3 is 2.57 bits per heavy atom. The fourth-order valence-electron chi connectivity index (χ4n) is 2.61. The number of hydrogen-bond donors (Lipinski definition) is 1. The van der Waals surface area contributed by atoms with Gasteiger partial charge in [0.15, 0.2) is 12.4 Å². The van der Waals surface area contributed by atoms with Gasteiger partial charge in [0.05, 0.1) is 17.3 Å². The smallest absolute Gasteiger partial charge is 0.339 e. The van der Waals surface area contributed by atoms with E-state index in [1.165, 1.54) is 0 Å². The van der Waals surface area contributed by atoms with Gasteiger partial charge in [-0.25, -0.2) is 9.78 Å². The number of carbonyl (C=O) groups excluding carboxylic acids is 2. The first-order chi connectivity index (χ1) is 13.6. The van der Waals surface area contributed by atoms with E-state index in [4.69, 9.17) is 9.15 Å². The van der Waals surface area contributed by atoms with Gasteiger partial charge in [-0.3, -0.25) is 4.79 Å². The van der Waals surface area contributed by atoms with Gasteiger partial charge in [0.1, 0.15) is 0 Å². The highest BCUT2D eigenvalue weighted by Crippen LogP contribution is 2.28. The summed E-state index contributed by atoms with van der Waals surface area (Å²) in [6, 6.07) is 16.5. The van der Waals surface area contributed by atoms with Crippen molar-refractivity contribution >= 4 is 11.9 Å². The molecule has 0 radical (unpaired) electrons. The van der Waals surface area contributed by atoms with Gasteiger partial charge in [-0.1, -0.05) is 49.4 Å². The van der Waals surface area contributed by atoms with Gasteiger partial charge in [0, 0.05) is 11.6 Å². The molecule has 144 valence electrons. The number of nitrogens with zero attached hydrogens (tertiary/aromatic N) is 1. The molecule has 0 fully saturated rings. The highest BCUT2D eigenvalue weighted by molar-refractivity contribution is 5.97. The number of esters is 1. The van der Waals surface area contributed by atoms with Crippen LogP contribution < -0.4 is 5.32 Å². The van der Waals surface area contributed by atoms with Crippen molar-refractivity contribution in [3.05, 3.63) is 66.4 Å². The zero-order valence-electron chi connectivity index (χ0n) is 15.8. The van der Waals surface area contributed by atoms with Gasteiger partial charge in [-0.2, -0.15) is 0 Å². The number of hydrogen-bond acceptors (Lipinski definition) is 5. The number of aromatic nitrogens is 1. The topological polar surface area (TPSA) is 81.4 Å². The van der Waals surface area contributed by atoms with Crippen molar-refractivity contribution in [3.63, 3.8) is 0 Å². The number of amides is 1. The lowest BCUT2D eigenvalue weighted by Crippen LogP contribution is -2.35. The Kier molecular flexibility index (Phi) is 6.22. The van der Waals surface area contributed by atoms with Gasteiger partial charge in [0.2, 0.25) is 5.89 Å². The number of ether oxygens (including phenoxy) is 1. The predicted octanol–water partition coefficient (Wildman–Crippen LogP) is 4.08. The van der Waals surface area contributed by atoms with E-state index in [1.54, 1.807) is 30.5 Å². The van der Waals surface area contributed by atoms with Gasteiger partial charge < -0.3 is 14.5 Å². The summed E-state index contributed by atoms with van der Waals surface area (Å²) in [4.78, 5) is 28.6. The van der Waals surface area contributed by atoms with E-state index in [0.717, 1.165) is 12.0 Å². The highest BCUT2D eigenvalue weighted by Gasteiger charge is 2.19. The summed E-state index contributed by atoms with van der Waals surface area (Å²) >= 11 is 0. The molecule has 0 aliphatic carbocycles. The second-order valence-corrected chi connectivity index (χ2v) is 6.39. The van der Waals surface area contributed by atoms with Crippen LogP contribution in [0.3, 0.4) is 0 Å². The minimum Gasteiger partial charge on any atom is -0.452 e. The lowest BCUT2D eigenvalue weighted by atomic mass is 10.1. The maximum atomic E-state index is 12.5.